The standard InChI is InChI=1S/C21H25N3O3S/c1-3-26-20(25)18-14(2)24(16-6-4-5-7-16)21(28)23-19(18)15-8-10-17(11-9-15)27-13-12-22/h8-11,16,19H,3-7,13H2,1-2H3,(H,23,28)/t19-/m1/s1. The number of carbonyl (C=O) groups is 1. The smallest absolute Gasteiger partial charge is 0.338 e. The summed E-state index contributed by atoms with van der Waals surface area (Å²) in [7, 11) is 0. The number of nitrogens with zero attached hydrogens (tertiary/aromatic N) is 2. The van der Waals surface area contributed by atoms with Crippen LogP contribution in [-0.2, 0) is 9.53 Å². The van der Waals surface area contributed by atoms with Crippen molar-refractivity contribution in [3.8, 4) is 11.8 Å². The van der Waals surface area contributed by atoms with E-state index in [0.29, 0.717) is 29.1 Å². The number of hydrogen-bond donors (Lipinski definition) is 1. The summed E-state index contributed by atoms with van der Waals surface area (Å²) >= 11 is 5.67. The molecule has 0 radical (unpaired) electrons. The summed E-state index contributed by atoms with van der Waals surface area (Å²) in [6.07, 6.45) is 4.51. The first-order valence-corrected chi connectivity index (χ1v) is 10.0. The van der Waals surface area contributed by atoms with E-state index in [-0.39, 0.29) is 18.6 Å². The number of rotatable bonds is 6. The topological polar surface area (TPSA) is 74.6 Å². The molecular weight excluding hydrogens is 374 g/mol. The van der Waals surface area contributed by atoms with Crippen LogP contribution in [0.1, 0.15) is 51.1 Å². The van der Waals surface area contributed by atoms with Gasteiger partial charge >= 0.3 is 5.97 Å². The van der Waals surface area contributed by atoms with Crippen molar-refractivity contribution in [3.05, 3.63) is 41.1 Å². The summed E-state index contributed by atoms with van der Waals surface area (Å²) in [6, 6.07) is 9.23. The number of carbonyl (C=O) groups excluding carboxylic acids is 1. The summed E-state index contributed by atoms with van der Waals surface area (Å²) in [4.78, 5) is 14.9. The highest BCUT2D eigenvalue weighted by atomic mass is 32.1. The average Bonchev–Trinajstić information content (AvgIpc) is 3.20. The van der Waals surface area contributed by atoms with Crippen LogP contribution in [-0.4, -0.2) is 35.2 Å². The molecule has 0 saturated heterocycles. The molecule has 0 unspecified atom stereocenters. The Bertz CT molecular complexity index is 807. The summed E-state index contributed by atoms with van der Waals surface area (Å²) in [5, 5.41) is 12.6. The minimum Gasteiger partial charge on any atom is -0.479 e. The zero-order chi connectivity index (χ0) is 20.1. The van der Waals surface area contributed by atoms with Gasteiger partial charge in [0.15, 0.2) is 11.7 Å². The van der Waals surface area contributed by atoms with Crippen LogP contribution in [0.25, 0.3) is 0 Å². The van der Waals surface area contributed by atoms with Gasteiger partial charge in [-0.25, -0.2) is 4.79 Å². The molecule has 1 heterocycles. The van der Waals surface area contributed by atoms with Gasteiger partial charge in [0.1, 0.15) is 11.8 Å². The highest BCUT2D eigenvalue weighted by Crippen LogP contribution is 2.36. The molecule has 0 aromatic heterocycles. The third-order valence-electron chi connectivity index (χ3n) is 5.23. The fourth-order valence-electron chi connectivity index (χ4n) is 3.95. The van der Waals surface area contributed by atoms with Gasteiger partial charge < -0.3 is 19.7 Å². The van der Waals surface area contributed by atoms with Crippen molar-refractivity contribution in [3.63, 3.8) is 0 Å². The second-order valence-electron chi connectivity index (χ2n) is 6.93. The first-order chi connectivity index (χ1) is 13.6. The lowest BCUT2D eigenvalue weighted by Gasteiger charge is -2.40. The van der Waals surface area contributed by atoms with Crippen LogP contribution in [0.3, 0.4) is 0 Å². The van der Waals surface area contributed by atoms with Gasteiger partial charge in [-0.1, -0.05) is 25.0 Å². The van der Waals surface area contributed by atoms with E-state index >= 15 is 0 Å². The van der Waals surface area contributed by atoms with Gasteiger partial charge in [0.25, 0.3) is 0 Å². The number of allylic oxidation sites excluding steroid dienone is 1. The summed E-state index contributed by atoms with van der Waals surface area (Å²) < 4.78 is 10.7. The lowest BCUT2D eigenvalue weighted by molar-refractivity contribution is -0.139. The van der Waals surface area contributed by atoms with Gasteiger partial charge in [-0.2, -0.15) is 5.26 Å². The molecule has 3 rings (SSSR count). The normalized spacial score (nSPS) is 20.0. The molecule has 1 aliphatic heterocycles. The SMILES string of the molecule is CCOC(=O)C1=C(C)N(C2CCCC2)C(=S)N[C@@H]1c1ccc(OCC#N)cc1. The van der Waals surface area contributed by atoms with Crippen molar-refractivity contribution in [2.24, 2.45) is 0 Å². The Hall–Kier alpha value is -2.59. The van der Waals surface area contributed by atoms with E-state index in [1.807, 2.05) is 25.1 Å². The van der Waals surface area contributed by atoms with Gasteiger partial charge in [0, 0.05) is 11.7 Å². The molecule has 0 bridgehead atoms. The van der Waals surface area contributed by atoms with Crippen LogP contribution in [0.2, 0.25) is 0 Å². The Balaban J connectivity index is 1.96. The zero-order valence-corrected chi connectivity index (χ0v) is 17.1. The van der Waals surface area contributed by atoms with Crippen LogP contribution >= 0.6 is 12.2 Å². The number of esters is 1. The van der Waals surface area contributed by atoms with E-state index in [0.717, 1.165) is 24.1 Å². The zero-order valence-electron chi connectivity index (χ0n) is 16.2. The highest BCUT2D eigenvalue weighted by molar-refractivity contribution is 7.80. The number of ether oxygens (including phenoxy) is 2. The molecule has 1 aliphatic carbocycles. The molecule has 0 amide bonds. The van der Waals surface area contributed by atoms with E-state index in [4.69, 9.17) is 27.0 Å². The Morgan fingerprint density at radius 2 is 2.00 bits per heavy atom. The van der Waals surface area contributed by atoms with Crippen molar-refractivity contribution >= 4 is 23.3 Å². The fraction of sp³-hybridized carbons (Fsp3) is 0.476. The van der Waals surface area contributed by atoms with Crippen LogP contribution in [0.15, 0.2) is 35.5 Å². The molecule has 0 spiro atoms. The van der Waals surface area contributed by atoms with Crippen molar-refractivity contribution < 1.29 is 14.3 Å². The molecule has 6 nitrogen and oxygen atoms in total. The molecular formula is C21H25N3O3S. The maximum Gasteiger partial charge on any atom is 0.338 e. The van der Waals surface area contributed by atoms with Gasteiger partial charge in [-0.05, 0) is 56.6 Å². The maximum atomic E-state index is 12.8. The summed E-state index contributed by atoms with van der Waals surface area (Å²) in [5.74, 6) is 0.280. The molecule has 1 aromatic rings. The Labute approximate surface area is 171 Å². The Morgan fingerprint density at radius 3 is 2.61 bits per heavy atom. The highest BCUT2D eigenvalue weighted by Gasteiger charge is 2.38. The largest absolute Gasteiger partial charge is 0.479 e. The number of benzene rings is 1. The molecule has 1 aromatic carbocycles. The van der Waals surface area contributed by atoms with Gasteiger partial charge in [0.05, 0.1) is 18.2 Å². The van der Waals surface area contributed by atoms with Crippen molar-refractivity contribution in [1.29, 1.82) is 5.26 Å². The van der Waals surface area contributed by atoms with Crippen LogP contribution in [0.5, 0.6) is 5.75 Å². The Kier molecular flexibility index (Phi) is 6.53. The predicted molar refractivity (Wildman–Crippen MR) is 109 cm³/mol. The monoisotopic (exact) mass is 399 g/mol. The van der Waals surface area contributed by atoms with Gasteiger partial charge in [-0.3, -0.25) is 0 Å². The first-order valence-electron chi connectivity index (χ1n) is 9.64. The summed E-state index contributed by atoms with van der Waals surface area (Å²) in [5.41, 5.74) is 2.34. The van der Waals surface area contributed by atoms with E-state index in [9.17, 15) is 4.79 Å². The van der Waals surface area contributed by atoms with E-state index in [1.54, 1.807) is 19.1 Å². The fourth-order valence-corrected chi connectivity index (χ4v) is 4.36. The minimum atomic E-state index is -0.380. The molecule has 1 saturated carbocycles. The average molecular weight is 400 g/mol. The molecule has 1 N–H and O–H groups in total. The predicted octanol–water partition coefficient (Wildman–Crippen LogP) is 3.60. The van der Waals surface area contributed by atoms with E-state index in [1.165, 1.54) is 12.8 Å². The van der Waals surface area contributed by atoms with Crippen LogP contribution in [0, 0.1) is 11.3 Å². The van der Waals surface area contributed by atoms with Crippen molar-refractivity contribution in [1.82, 2.24) is 10.2 Å². The number of nitrogens with one attached hydrogen (secondary N) is 1. The van der Waals surface area contributed by atoms with E-state index in [2.05, 4.69) is 10.2 Å². The van der Waals surface area contributed by atoms with Gasteiger partial charge in [0.2, 0.25) is 0 Å². The molecule has 2 aliphatic rings. The quantitative estimate of drug-likeness (QED) is 0.579. The molecule has 1 atom stereocenters. The van der Waals surface area contributed by atoms with Crippen LogP contribution in [0.4, 0.5) is 0 Å². The first kappa shape index (κ1) is 20.2. The lowest BCUT2D eigenvalue weighted by Crippen LogP contribution is -2.51. The van der Waals surface area contributed by atoms with Crippen molar-refractivity contribution in [2.45, 2.75) is 51.6 Å². The third kappa shape index (κ3) is 4.12. The Morgan fingerprint density at radius 1 is 1.32 bits per heavy atom. The third-order valence-corrected chi connectivity index (χ3v) is 5.54. The maximum absolute atomic E-state index is 12.8. The second kappa shape index (κ2) is 9.07. The van der Waals surface area contributed by atoms with E-state index < -0.39 is 0 Å². The number of hydrogen-bond acceptors (Lipinski definition) is 5. The summed E-state index contributed by atoms with van der Waals surface area (Å²) in [6.45, 7) is 4.07. The second-order valence-corrected chi connectivity index (χ2v) is 7.31. The minimum absolute atomic E-state index is 0.00541. The molecule has 28 heavy (non-hydrogen) atoms. The van der Waals surface area contributed by atoms with Crippen molar-refractivity contribution in [2.75, 3.05) is 13.2 Å². The molecule has 1 fully saturated rings. The van der Waals surface area contributed by atoms with Crippen LogP contribution < -0.4 is 10.1 Å². The number of thiocarbonyl (C=S) groups is 1. The molecule has 148 valence electrons. The lowest BCUT2D eigenvalue weighted by atomic mass is 9.94. The van der Waals surface area contributed by atoms with Gasteiger partial charge in [-0.15, -0.1) is 0 Å². The number of nitriles is 1. The molecule has 7 heteroatoms.